The molecule has 0 aliphatic carbocycles. The Labute approximate surface area is 105 Å². The molecule has 0 saturated heterocycles. The van der Waals surface area contributed by atoms with Crippen molar-refractivity contribution in [2.45, 2.75) is 6.10 Å². The topological polar surface area (TPSA) is 59.4 Å². The standard InChI is InChI=1S/C14H13NO3/c1-18-14(17)11-7-8-12(15-9-11)13(16)10-5-3-2-4-6-10/h2-9,13,16H,1H3/t13-/m1/s1. The zero-order valence-electron chi connectivity index (χ0n) is 9.91. The van der Waals surface area contributed by atoms with Gasteiger partial charge in [-0.25, -0.2) is 4.79 Å². The summed E-state index contributed by atoms with van der Waals surface area (Å²) >= 11 is 0. The van der Waals surface area contributed by atoms with E-state index in [0.717, 1.165) is 5.56 Å². The number of nitrogens with zero attached hydrogens (tertiary/aromatic N) is 1. The molecule has 0 fully saturated rings. The number of benzene rings is 1. The van der Waals surface area contributed by atoms with E-state index in [0.29, 0.717) is 11.3 Å². The van der Waals surface area contributed by atoms with Gasteiger partial charge >= 0.3 is 5.97 Å². The zero-order valence-corrected chi connectivity index (χ0v) is 9.91. The lowest BCUT2D eigenvalue weighted by Crippen LogP contribution is -2.05. The molecule has 2 rings (SSSR count). The highest BCUT2D eigenvalue weighted by Gasteiger charge is 2.12. The number of aliphatic hydroxyl groups is 1. The lowest BCUT2D eigenvalue weighted by atomic mass is 10.1. The summed E-state index contributed by atoms with van der Waals surface area (Å²) in [6.07, 6.45) is 0.603. The predicted molar refractivity (Wildman–Crippen MR) is 66.1 cm³/mol. The molecule has 0 spiro atoms. The Morgan fingerprint density at radius 3 is 2.50 bits per heavy atom. The molecule has 1 heterocycles. The Kier molecular flexibility index (Phi) is 3.69. The van der Waals surface area contributed by atoms with Gasteiger partial charge in [-0.2, -0.15) is 0 Å². The van der Waals surface area contributed by atoms with Crippen molar-refractivity contribution in [2.24, 2.45) is 0 Å². The van der Waals surface area contributed by atoms with Gasteiger partial charge in [0.15, 0.2) is 0 Å². The fraction of sp³-hybridized carbons (Fsp3) is 0.143. The molecule has 0 radical (unpaired) electrons. The van der Waals surface area contributed by atoms with Crippen LogP contribution in [0.3, 0.4) is 0 Å². The second kappa shape index (κ2) is 5.42. The predicted octanol–water partition coefficient (Wildman–Crippen LogP) is 1.95. The van der Waals surface area contributed by atoms with Crippen molar-refractivity contribution < 1.29 is 14.6 Å². The molecule has 0 unspecified atom stereocenters. The first-order valence-corrected chi connectivity index (χ1v) is 5.49. The molecule has 92 valence electrons. The van der Waals surface area contributed by atoms with Crippen LogP contribution in [-0.2, 0) is 4.74 Å². The quantitative estimate of drug-likeness (QED) is 0.837. The first-order chi connectivity index (χ1) is 8.72. The lowest BCUT2D eigenvalue weighted by molar-refractivity contribution is 0.0600. The van der Waals surface area contributed by atoms with E-state index in [1.54, 1.807) is 12.1 Å². The summed E-state index contributed by atoms with van der Waals surface area (Å²) in [5, 5.41) is 10.1. The molecule has 1 aromatic carbocycles. The number of aromatic nitrogens is 1. The molecule has 1 aromatic heterocycles. The van der Waals surface area contributed by atoms with E-state index < -0.39 is 12.1 Å². The molecule has 4 heteroatoms. The van der Waals surface area contributed by atoms with Crippen LogP contribution in [0.4, 0.5) is 0 Å². The maximum Gasteiger partial charge on any atom is 0.339 e. The van der Waals surface area contributed by atoms with Gasteiger partial charge in [0.05, 0.1) is 18.4 Å². The molecule has 0 saturated carbocycles. The smallest absolute Gasteiger partial charge is 0.339 e. The van der Waals surface area contributed by atoms with E-state index in [4.69, 9.17) is 0 Å². The van der Waals surface area contributed by atoms with Crippen molar-refractivity contribution in [1.82, 2.24) is 4.98 Å². The van der Waals surface area contributed by atoms with E-state index >= 15 is 0 Å². The van der Waals surface area contributed by atoms with Gasteiger partial charge in [-0.1, -0.05) is 30.3 Å². The Bertz CT molecular complexity index is 522. The van der Waals surface area contributed by atoms with E-state index in [1.807, 2.05) is 30.3 Å². The lowest BCUT2D eigenvalue weighted by Gasteiger charge is -2.10. The summed E-state index contributed by atoms with van der Waals surface area (Å²) in [5.41, 5.74) is 1.62. The number of aliphatic hydroxyl groups excluding tert-OH is 1. The number of esters is 1. The fourth-order valence-electron chi connectivity index (χ4n) is 1.61. The van der Waals surface area contributed by atoms with Crippen molar-refractivity contribution in [1.29, 1.82) is 0 Å². The van der Waals surface area contributed by atoms with Gasteiger partial charge in [-0.05, 0) is 17.7 Å². The van der Waals surface area contributed by atoms with Gasteiger partial charge in [-0.3, -0.25) is 4.98 Å². The van der Waals surface area contributed by atoms with Gasteiger partial charge in [-0.15, -0.1) is 0 Å². The number of carbonyl (C=O) groups is 1. The maximum atomic E-state index is 11.2. The molecule has 1 N–H and O–H groups in total. The molecular formula is C14H13NO3. The number of pyridine rings is 1. The number of hydrogen-bond donors (Lipinski definition) is 1. The van der Waals surface area contributed by atoms with Crippen LogP contribution in [0.25, 0.3) is 0 Å². The van der Waals surface area contributed by atoms with E-state index in [-0.39, 0.29) is 0 Å². The van der Waals surface area contributed by atoms with Crippen molar-refractivity contribution in [2.75, 3.05) is 7.11 Å². The molecule has 0 bridgehead atoms. The average Bonchev–Trinajstić information content (AvgIpc) is 2.47. The maximum absolute atomic E-state index is 11.2. The van der Waals surface area contributed by atoms with Crippen LogP contribution in [0.15, 0.2) is 48.7 Å². The highest BCUT2D eigenvalue weighted by Crippen LogP contribution is 2.19. The minimum atomic E-state index is -0.794. The fourth-order valence-corrected chi connectivity index (χ4v) is 1.61. The monoisotopic (exact) mass is 243 g/mol. The highest BCUT2D eigenvalue weighted by atomic mass is 16.5. The van der Waals surface area contributed by atoms with E-state index in [2.05, 4.69) is 9.72 Å². The van der Waals surface area contributed by atoms with Crippen LogP contribution in [0.1, 0.15) is 27.7 Å². The second-order valence-corrected chi connectivity index (χ2v) is 3.78. The molecular weight excluding hydrogens is 230 g/mol. The molecule has 4 nitrogen and oxygen atoms in total. The Morgan fingerprint density at radius 2 is 1.94 bits per heavy atom. The van der Waals surface area contributed by atoms with Crippen LogP contribution in [0.5, 0.6) is 0 Å². The van der Waals surface area contributed by atoms with Gasteiger partial charge < -0.3 is 9.84 Å². The summed E-state index contributed by atoms with van der Waals surface area (Å²) in [6.45, 7) is 0. The molecule has 0 aliphatic heterocycles. The first kappa shape index (κ1) is 12.3. The molecule has 18 heavy (non-hydrogen) atoms. The number of carbonyl (C=O) groups excluding carboxylic acids is 1. The van der Waals surface area contributed by atoms with Crippen LogP contribution in [0.2, 0.25) is 0 Å². The van der Waals surface area contributed by atoms with Gasteiger partial charge in [0.2, 0.25) is 0 Å². The number of rotatable bonds is 3. The number of hydrogen-bond acceptors (Lipinski definition) is 4. The summed E-state index contributed by atoms with van der Waals surface area (Å²) in [7, 11) is 1.31. The Hall–Kier alpha value is -2.20. The molecule has 1 atom stereocenters. The van der Waals surface area contributed by atoms with Crippen molar-refractivity contribution in [3.63, 3.8) is 0 Å². The molecule has 0 aliphatic rings. The van der Waals surface area contributed by atoms with Gasteiger partial charge in [0.25, 0.3) is 0 Å². The van der Waals surface area contributed by atoms with Crippen molar-refractivity contribution in [3.05, 3.63) is 65.5 Å². The summed E-state index contributed by atoms with van der Waals surface area (Å²) in [6, 6.07) is 12.4. The first-order valence-electron chi connectivity index (χ1n) is 5.49. The van der Waals surface area contributed by atoms with Crippen LogP contribution >= 0.6 is 0 Å². The normalized spacial score (nSPS) is 11.9. The third kappa shape index (κ3) is 2.55. The van der Waals surface area contributed by atoms with Gasteiger partial charge in [0.1, 0.15) is 6.10 Å². The third-order valence-electron chi connectivity index (χ3n) is 2.60. The second-order valence-electron chi connectivity index (χ2n) is 3.78. The van der Waals surface area contributed by atoms with Crippen LogP contribution < -0.4 is 0 Å². The van der Waals surface area contributed by atoms with Crippen molar-refractivity contribution in [3.8, 4) is 0 Å². The largest absolute Gasteiger partial charge is 0.465 e. The number of methoxy groups -OCH3 is 1. The minimum absolute atomic E-state index is 0.363. The van der Waals surface area contributed by atoms with Crippen molar-refractivity contribution >= 4 is 5.97 Å². The highest BCUT2D eigenvalue weighted by molar-refractivity contribution is 5.88. The summed E-state index contributed by atoms with van der Waals surface area (Å²) < 4.78 is 4.58. The van der Waals surface area contributed by atoms with E-state index in [1.165, 1.54) is 13.3 Å². The SMILES string of the molecule is COC(=O)c1ccc([C@H](O)c2ccccc2)nc1. The minimum Gasteiger partial charge on any atom is -0.465 e. The Balaban J connectivity index is 2.22. The van der Waals surface area contributed by atoms with Crippen LogP contribution in [0, 0.1) is 0 Å². The Morgan fingerprint density at radius 1 is 1.22 bits per heavy atom. The average molecular weight is 243 g/mol. The zero-order chi connectivity index (χ0) is 13.0. The van der Waals surface area contributed by atoms with Gasteiger partial charge in [0, 0.05) is 6.20 Å². The summed E-state index contributed by atoms with van der Waals surface area (Å²) in [4.78, 5) is 15.3. The molecule has 2 aromatic rings. The van der Waals surface area contributed by atoms with E-state index in [9.17, 15) is 9.90 Å². The number of ether oxygens (including phenoxy) is 1. The van der Waals surface area contributed by atoms with Crippen LogP contribution in [-0.4, -0.2) is 23.2 Å². The summed E-state index contributed by atoms with van der Waals surface area (Å²) in [5.74, 6) is -0.441. The molecule has 0 amide bonds. The third-order valence-corrected chi connectivity index (χ3v) is 2.60.